The summed E-state index contributed by atoms with van der Waals surface area (Å²) in [6.45, 7) is 4.19. The maximum absolute atomic E-state index is 4.64. The molecule has 0 spiro atoms. The molecule has 0 radical (unpaired) electrons. The molecular weight excluding hydrogens is 234 g/mol. The summed E-state index contributed by atoms with van der Waals surface area (Å²) in [5.74, 6) is 0.985. The Balaban J connectivity index is 1.90. The highest BCUT2D eigenvalue weighted by Gasteiger charge is 2.20. The van der Waals surface area contributed by atoms with Crippen molar-refractivity contribution in [2.24, 2.45) is 0 Å². The lowest BCUT2D eigenvalue weighted by Gasteiger charge is -2.16. The largest absolute Gasteiger partial charge is 0.325 e. The highest BCUT2D eigenvalue weighted by molar-refractivity contribution is 5.58. The van der Waals surface area contributed by atoms with E-state index in [2.05, 4.69) is 59.2 Å². The molecule has 1 aromatic heterocycles. The Bertz CT molecular complexity index is 565. The van der Waals surface area contributed by atoms with Crippen molar-refractivity contribution < 1.29 is 0 Å². The first-order valence-electron chi connectivity index (χ1n) is 7.12. The molecule has 1 saturated carbocycles. The van der Waals surface area contributed by atoms with E-state index in [1.54, 1.807) is 0 Å². The van der Waals surface area contributed by atoms with Gasteiger partial charge >= 0.3 is 0 Å². The van der Waals surface area contributed by atoms with Crippen LogP contribution in [0, 0.1) is 13.8 Å². The van der Waals surface area contributed by atoms with Crippen molar-refractivity contribution >= 4 is 11.6 Å². The van der Waals surface area contributed by atoms with Crippen molar-refractivity contribution in [3.8, 4) is 0 Å². The molecule has 1 aromatic carbocycles. The Morgan fingerprint density at radius 2 is 1.89 bits per heavy atom. The van der Waals surface area contributed by atoms with E-state index in [1.165, 1.54) is 31.2 Å². The second kappa shape index (κ2) is 5.08. The van der Waals surface area contributed by atoms with E-state index in [1.807, 2.05) is 0 Å². The number of aromatic nitrogens is 2. The van der Waals surface area contributed by atoms with Gasteiger partial charge in [0.15, 0.2) is 0 Å². The van der Waals surface area contributed by atoms with E-state index in [4.69, 9.17) is 0 Å². The van der Waals surface area contributed by atoms with Gasteiger partial charge in [0.25, 0.3) is 0 Å². The Kier molecular flexibility index (Phi) is 3.28. The van der Waals surface area contributed by atoms with Crippen LogP contribution in [0.15, 0.2) is 30.5 Å². The Hall–Kier alpha value is -1.77. The fourth-order valence-electron chi connectivity index (χ4n) is 2.90. The molecule has 0 unspecified atom stereocenters. The molecular formula is C16H21N3. The van der Waals surface area contributed by atoms with Crippen LogP contribution >= 0.6 is 0 Å². The summed E-state index contributed by atoms with van der Waals surface area (Å²) in [6.07, 6.45) is 7.41. The van der Waals surface area contributed by atoms with Gasteiger partial charge in [-0.2, -0.15) is 0 Å². The topological polar surface area (TPSA) is 29.9 Å². The Labute approximate surface area is 114 Å². The SMILES string of the molecule is Cc1cn(C2CCCC2)c(Nc2ccccc2C)n1. The zero-order chi connectivity index (χ0) is 13.2. The van der Waals surface area contributed by atoms with E-state index in [0.29, 0.717) is 6.04 Å². The molecule has 1 aliphatic rings. The van der Waals surface area contributed by atoms with Crippen molar-refractivity contribution in [3.63, 3.8) is 0 Å². The molecule has 2 aromatic rings. The third-order valence-corrected chi connectivity index (χ3v) is 3.96. The van der Waals surface area contributed by atoms with Crippen molar-refractivity contribution in [2.75, 3.05) is 5.32 Å². The molecule has 0 amide bonds. The van der Waals surface area contributed by atoms with Gasteiger partial charge in [0.05, 0.1) is 5.69 Å². The van der Waals surface area contributed by atoms with Gasteiger partial charge in [0, 0.05) is 17.9 Å². The number of anilines is 2. The Morgan fingerprint density at radius 1 is 1.16 bits per heavy atom. The van der Waals surface area contributed by atoms with Crippen LogP contribution in [-0.4, -0.2) is 9.55 Å². The van der Waals surface area contributed by atoms with Gasteiger partial charge in [0.2, 0.25) is 5.95 Å². The first-order valence-corrected chi connectivity index (χ1v) is 7.12. The second-order valence-corrected chi connectivity index (χ2v) is 5.49. The van der Waals surface area contributed by atoms with E-state index in [-0.39, 0.29) is 0 Å². The monoisotopic (exact) mass is 255 g/mol. The van der Waals surface area contributed by atoms with Gasteiger partial charge in [0.1, 0.15) is 0 Å². The number of nitrogens with one attached hydrogen (secondary N) is 1. The summed E-state index contributed by atoms with van der Waals surface area (Å²) < 4.78 is 2.33. The molecule has 1 aliphatic carbocycles. The lowest BCUT2D eigenvalue weighted by Crippen LogP contribution is -2.08. The maximum Gasteiger partial charge on any atom is 0.207 e. The van der Waals surface area contributed by atoms with Gasteiger partial charge in [-0.25, -0.2) is 4.98 Å². The molecule has 1 fully saturated rings. The molecule has 1 N–H and O–H groups in total. The molecule has 3 nitrogen and oxygen atoms in total. The molecule has 3 heteroatoms. The van der Waals surface area contributed by atoms with Gasteiger partial charge < -0.3 is 9.88 Å². The standard InChI is InChI=1S/C16H21N3/c1-12-7-3-6-10-15(12)18-16-17-13(2)11-19(16)14-8-4-5-9-14/h3,6-7,10-11,14H,4-5,8-9H2,1-2H3,(H,17,18). The minimum Gasteiger partial charge on any atom is -0.325 e. The van der Waals surface area contributed by atoms with Crippen LogP contribution in [0.1, 0.15) is 43.0 Å². The fourth-order valence-corrected chi connectivity index (χ4v) is 2.90. The molecule has 0 aliphatic heterocycles. The molecule has 19 heavy (non-hydrogen) atoms. The average Bonchev–Trinajstić information content (AvgIpc) is 3.01. The lowest BCUT2D eigenvalue weighted by atomic mass is 10.2. The van der Waals surface area contributed by atoms with Crippen molar-refractivity contribution in [2.45, 2.75) is 45.6 Å². The summed E-state index contributed by atoms with van der Waals surface area (Å²) in [5, 5.41) is 3.49. The normalized spacial score (nSPS) is 15.9. The Morgan fingerprint density at radius 3 is 2.63 bits per heavy atom. The number of rotatable bonds is 3. The minimum absolute atomic E-state index is 0.618. The van der Waals surface area contributed by atoms with Crippen LogP contribution in [0.3, 0.4) is 0 Å². The summed E-state index contributed by atoms with van der Waals surface area (Å²) in [4.78, 5) is 4.64. The second-order valence-electron chi connectivity index (χ2n) is 5.49. The van der Waals surface area contributed by atoms with Crippen LogP contribution in [-0.2, 0) is 0 Å². The predicted molar refractivity (Wildman–Crippen MR) is 78.9 cm³/mol. The molecule has 0 atom stereocenters. The van der Waals surface area contributed by atoms with Crippen LogP contribution in [0.5, 0.6) is 0 Å². The van der Waals surface area contributed by atoms with E-state index < -0.39 is 0 Å². The third-order valence-electron chi connectivity index (χ3n) is 3.96. The first-order chi connectivity index (χ1) is 9.24. The highest BCUT2D eigenvalue weighted by Crippen LogP contribution is 2.33. The molecule has 3 rings (SSSR count). The number of hydrogen-bond donors (Lipinski definition) is 1. The number of nitrogens with zero attached hydrogens (tertiary/aromatic N) is 2. The first kappa shape index (κ1) is 12.3. The highest BCUT2D eigenvalue weighted by atomic mass is 15.2. The van der Waals surface area contributed by atoms with Gasteiger partial charge in [-0.05, 0) is 38.3 Å². The van der Waals surface area contributed by atoms with E-state index in [0.717, 1.165) is 17.3 Å². The predicted octanol–water partition coefficient (Wildman–Crippen LogP) is 4.36. The molecule has 0 saturated heterocycles. The summed E-state index contributed by atoms with van der Waals surface area (Å²) >= 11 is 0. The summed E-state index contributed by atoms with van der Waals surface area (Å²) in [7, 11) is 0. The number of aryl methyl sites for hydroxylation is 2. The zero-order valence-corrected chi connectivity index (χ0v) is 11.7. The quantitative estimate of drug-likeness (QED) is 0.883. The van der Waals surface area contributed by atoms with Crippen LogP contribution in [0.25, 0.3) is 0 Å². The number of benzene rings is 1. The van der Waals surface area contributed by atoms with E-state index >= 15 is 0 Å². The third kappa shape index (κ3) is 2.50. The molecule has 1 heterocycles. The maximum atomic E-state index is 4.64. The summed E-state index contributed by atoms with van der Waals surface area (Å²) in [5.41, 5.74) is 3.48. The summed E-state index contributed by atoms with van der Waals surface area (Å²) in [6, 6.07) is 8.98. The van der Waals surface area contributed by atoms with Crippen LogP contribution in [0.2, 0.25) is 0 Å². The van der Waals surface area contributed by atoms with Gasteiger partial charge in [-0.15, -0.1) is 0 Å². The number of para-hydroxylation sites is 1. The zero-order valence-electron chi connectivity index (χ0n) is 11.7. The number of imidazole rings is 1. The van der Waals surface area contributed by atoms with Crippen LogP contribution < -0.4 is 5.32 Å². The molecule has 0 bridgehead atoms. The van der Waals surface area contributed by atoms with Crippen LogP contribution in [0.4, 0.5) is 11.6 Å². The lowest BCUT2D eigenvalue weighted by molar-refractivity contribution is 0.524. The average molecular weight is 255 g/mol. The molecule has 100 valence electrons. The van der Waals surface area contributed by atoms with Gasteiger partial charge in [-0.3, -0.25) is 0 Å². The fraction of sp³-hybridized carbons (Fsp3) is 0.438. The van der Waals surface area contributed by atoms with Crippen molar-refractivity contribution in [3.05, 3.63) is 41.7 Å². The minimum atomic E-state index is 0.618. The van der Waals surface area contributed by atoms with Crippen molar-refractivity contribution in [1.29, 1.82) is 0 Å². The van der Waals surface area contributed by atoms with Gasteiger partial charge in [-0.1, -0.05) is 31.0 Å². The van der Waals surface area contributed by atoms with E-state index in [9.17, 15) is 0 Å². The van der Waals surface area contributed by atoms with Crippen molar-refractivity contribution in [1.82, 2.24) is 9.55 Å². The number of hydrogen-bond acceptors (Lipinski definition) is 2. The smallest absolute Gasteiger partial charge is 0.207 e.